The highest BCUT2D eigenvalue weighted by atomic mass is 16.4. The molecule has 0 radical (unpaired) electrons. The molecule has 2 N–H and O–H groups in total. The summed E-state index contributed by atoms with van der Waals surface area (Å²) in [6.45, 7) is 4.10. The Kier molecular flexibility index (Phi) is 7.66. The third kappa shape index (κ3) is 5.91. The fourth-order valence-corrected chi connectivity index (χ4v) is 2.82. The summed E-state index contributed by atoms with van der Waals surface area (Å²) in [4.78, 5) is 51.5. The minimum Gasteiger partial charge on any atom is -0.480 e. The van der Waals surface area contributed by atoms with E-state index in [1.54, 1.807) is 19.0 Å². The molecule has 0 aliphatic carbocycles. The quantitative estimate of drug-likeness (QED) is 0.686. The summed E-state index contributed by atoms with van der Waals surface area (Å²) in [6.07, 6.45) is 1.00. The Balaban J connectivity index is 2.70. The summed E-state index contributed by atoms with van der Waals surface area (Å²) >= 11 is 0. The molecule has 0 spiro atoms. The largest absolute Gasteiger partial charge is 0.480 e. The molecule has 0 aromatic heterocycles. The second-order valence-electron chi connectivity index (χ2n) is 6.47. The maximum absolute atomic E-state index is 12.8. The van der Waals surface area contributed by atoms with Crippen LogP contribution in [0.4, 0.5) is 4.79 Å². The molecule has 0 saturated carbocycles. The average Bonchev–Trinajstić information content (AvgIpc) is 2.56. The van der Waals surface area contributed by atoms with Crippen molar-refractivity contribution < 1.29 is 24.3 Å². The number of likely N-dealkylation sites (tertiary alicyclic amines) is 1. The van der Waals surface area contributed by atoms with Crippen LogP contribution in [-0.4, -0.2) is 89.9 Å². The van der Waals surface area contributed by atoms with E-state index in [0.717, 1.165) is 0 Å². The second-order valence-corrected chi connectivity index (χ2v) is 6.47. The molecule has 1 heterocycles. The van der Waals surface area contributed by atoms with Gasteiger partial charge in [0.25, 0.3) is 0 Å². The second kappa shape index (κ2) is 9.24. The highest BCUT2D eigenvalue weighted by molar-refractivity contribution is 5.85. The highest BCUT2D eigenvalue weighted by Crippen LogP contribution is 2.21. The summed E-state index contributed by atoms with van der Waals surface area (Å²) in [5, 5.41) is 11.8. The van der Waals surface area contributed by atoms with E-state index in [4.69, 9.17) is 0 Å². The van der Waals surface area contributed by atoms with Crippen molar-refractivity contribution in [1.29, 1.82) is 0 Å². The Labute approximate surface area is 147 Å². The van der Waals surface area contributed by atoms with Gasteiger partial charge in [0.05, 0.1) is 0 Å². The first-order valence-corrected chi connectivity index (χ1v) is 8.39. The number of aliphatic carboxylic acids is 1. The van der Waals surface area contributed by atoms with E-state index in [2.05, 4.69) is 5.32 Å². The van der Waals surface area contributed by atoms with Crippen molar-refractivity contribution in [3.05, 3.63) is 0 Å². The number of rotatable bonds is 6. The molecule has 4 amide bonds. The first-order chi connectivity index (χ1) is 11.6. The van der Waals surface area contributed by atoms with Crippen LogP contribution in [0.2, 0.25) is 0 Å². The maximum atomic E-state index is 12.8. The van der Waals surface area contributed by atoms with Gasteiger partial charge in [0, 0.05) is 53.1 Å². The molecule has 1 saturated heterocycles. The van der Waals surface area contributed by atoms with E-state index < -0.39 is 12.0 Å². The van der Waals surface area contributed by atoms with E-state index in [0.29, 0.717) is 25.9 Å². The Morgan fingerprint density at radius 1 is 1.20 bits per heavy atom. The summed E-state index contributed by atoms with van der Waals surface area (Å²) < 4.78 is 0. The molecule has 1 aliphatic rings. The van der Waals surface area contributed by atoms with Crippen LogP contribution >= 0.6 is 0 Å². The molecule has 0 aromatic rings. The van der Waals surface area contributed by atoms with Crippen LogP contribution in [-0.2, 0) is 14.4 Å². The SMILES string of the molecule is CC(=O)NCCN(C(=O)C1CCN(C(=O)N(C)C)CC1)C(C)C(=O)O. The first kappa shape index (κ1) is 20.7. The third-order valence-corrected chi connectivity index (χ3v) is 4.33. The number of nitrogens with zero attached hydrogens (tertiary/aromatic N) is 3. The molecule has 1 rings (SSSR count). The van der Waals surface area contributed by atoms with Gasteiger partial charge in [-0.1, -0.05) is 0 Å². The van der Waals surface area contributed by atoms with Crippen LogP contribution in [0.25, 0.3) is 0 Å². The van der Waals surface area contributed by atoms with Gasteiger partial charge in [-0.25, -0.2) is 9.59 Å². The highest BCUT2D eigenvalue weighted by Gasteiger charge is 2.34. The van der Waals surface area contributed by atoms with Crippen molar-refractivity contribution in [2.45, 2.75) is 32.7 Å². The molecular weight excluding hydrogens is 328 g/mol. The van der Waals surface area contributed by atoms with E-state index in [1.807, 2.05) is 0 Å². The number of carbonyl (C=O) groups is 4. The molecule has 0 bridgehead atoms. The van der Waals surface area contributed by atoms with Crippen LogP contribution in [0.3, 0.4) is 0 Å². The Bertz CT molecular complexity index is 515. The first-order valence-electron chi connectivity index (χ1n) is 8.39. The zero-order valence-electron chi connectivity index (χ0n) is 15.3. The molecular formula is C16H28N4O5. The van der Waals surface area contributed by atoms with Gasteiger partial charge in [-0.2, -0.15) is 0 Å². The maximum Gasteiger partial charge on any atom is 0.326 e. The van der Waals surface area contributed by atoms with Crippen molar-refractivity contribution in [1.82, 2.24) is 20.0 Å². The molecule has 142 valence electrons. The minimum absolute atomic E-state index is 0.0904. The zero-order chi connectivity index (χ0) is 19.1. The van der Waals surface area contributed by atoms with Crippen molar-refractivity contribution in [2.75, 3.05) is 40.3 Å². The standard InChI is InChI=1S/C16H28N4O5/c1-11(15(23)24)20(10-7-17-12(2)21)14(22)13-5-8-19(9-6-13)16(25)18(3)4/h11,13H,5-10H2,1-4H3,(H,17,21)(H,23,24). The summed E-state index contributed by atoms with van der Waals surface area (Å²) in [6, 6.07) is -1.06. The van der Waals surface area contributed by atoms with Gasteiger partial charge in [-0.3, -0.25) is 9.59 Å². The molecule has 1 atom stereocenters. The van der Waals surface area contributed by atoms with Gasteiger partial charge in [-0.15, -0.1) is 0 Å². The number of carboxylic acids is 1. The number of nitrogens with one attached hydrogen (secondary N) is 1. The lowest BCUT2D eigenvalue weighted by atomic mass is 9.94. The van der Waals surface area contributed by atoms with Crippen molar-refractivity contribution >= 4 is 23.8 Å². The summed E-state index contributed by atoms with van der Waals surface area (Å²) in [5.74, 6) is -1.87. The number of hydrogen-bond donors (Lipinski definition) is 2. The van der Waals surface area contributed by atoms with E-state index in [1.165, 1.54) is 23.6 Å². The Hall–Kier alpha value is -2.32. The third-order valence-electron chi connectivity index (χ3n) is 4.33. The lowest BCUT2D eigenvalue weighted by Crippen LogP contribution is -2.51. The van der Waals surface area contributed by atoms with Crippen molar-refractivity contribution in [2.24, 2.45) is 5.92 Å². The predicted molar refractivity (Wildman–Crippen MR) is 90.9 cm³/mol. The number of amides is 4. The number of urea groups is 1. The van der Waals surface area contributed by atoms with Crippen LogP contribution in [0.1, 0.15) is 26.7 Å². The molecule has 0 aromatic carbocycles. The average molecular weight is 356 g/mol. The summed E-state index contributed by atoms with van der Waals surface area (Å²) in [5.41, 5.74) is 0. The van der Waals surface area contributed by atoms with Crippen molar-refractivity contribution in [3.8, 4) is 0 Å². The molecule has 1 aliphatic heterocycles. The van der Waals surface area contributed by atoms with Gasteiger partial charge < -0.3 is 25.1 Å². The molecule has 25 heavy (non-hydrogen) atoms. The smallest absolute Gasteiger partial charge is 0.326 e. The lowest BCUT2D eigenvalue weighted by molar-refractivity contribution is -0.151. The van der Waals surface area contributed by atoms with Crippen LogP contribution in [0.15, 0.2) is 0 Å². The zero-order valence-corrected chi connectivity index (χ0v) is 15.3. The van der Waals surface area contributed by atoms with Crippen LogP contribution < -0.4 is 5.32 Å². The van der Waals surface area contributed by atoms with Gasteiger partial charge in [-0.05, 0) is 19.8 Å². The number of carbonyl (C=O) groups excluding carboxylic acids is 3. The topological polar surface area (TPSA) is 110 Å². The monoisotopic (exact) mass is 356 g/mol. The van der Waals surface area contributed by atoms with E-state index in [-0.39, 0.29) is 36.9 Å². The molecule has 1 unspecified atom stereocenters. The predicted octanol–water partition coefficient (Wildman–Crippen LogP) is -0.182. The number of hydrogen-bond acceptors (Lipinski definition) is 4. The van der Waals surface area contributed by atoms with Gasteiger partial charge in [0.2, 0.25) is 11.8 Å². The van der Waals surface area contributed by atoms with E-state index >= 15 is 0 Å². The van der Waals surface area contributed by atoms with Crippen LogP contribution in [0.5, 0.6) is 0 Å². The Morgan fingerprint density at radius 2 is 1.76 bits per heavy atom. The fourth-order valence-electron chi connectivity index (χ4n) is 2.82. The lowest BCUT2D eigenvalue weighted by Gasteiger charge is -2.36. The number of piperidine rings is 1. The van der Waals surface area contributed by atoms with Gasteiger partial charge in [0.15, 0.2) is 0 Å². The van der Waals surface area contributed by atoms with Crippen molar-refractivity contribution in [3.63, 3.8) is 0 Å². The summed E-state index contributed by atoms with van der Waals surface area (Å²) in [7, 11) is 3.36. The normalized spacial score (nSPS) is 16.1. The molecule has 9 nitrogen and oxygen atoms in total. The molecule has 9 heteroatoms. The van der Waals surface area contributed by atoms with Gasteiger partial charge in [0.1, 0.15) is 6.04 Å². The fraction of sp³-hybridized carbons (Fsp3) is 0.750. The van der Waals surface area contributed by atoms with Gasteiger partial charge >= 0.3 is 12.0 Å². The van der Waals surface area contributed by atoms with Crippen LogP contribution in [0, 0.1) is 5.92 Å². The van der Waals surface area contributed by atoms with E-state index in [9.17, 15) is 24.3 Å². The molecule has 1 fully saturated rings. The minimum atomic E-state index is -1.09. The Morgan fingerprint density at radius 3 is 2.20 bits per heavy atom. The number of carboxylic acid groups (broad SMARTS) is 1.